The first kappa shape index (κ1) is 14.2. The lowest BCUT2D eigenvalue weighted by atomic mass is 10.1. The van der Waals surface area contributed by atoms with Crippen molar-refractivity contribution in [2.75, 3.05) is 31.9 Å². The van der Waals surface area contributed by atoms with Crippen LogP contribution >= 0.6 is 0 Å². The van der Waals surface area contributed by atoms with E-state index in [2.05, 4.69) is 4.90 Å². The first-order valence-electron chi connectivity index (χ1n) is 7.77. The monoisotopic (exact) mass is 289 g/mol. The number of hydrogen-bond donors (Lipinski definition) is 2. The van der Waals surface area contributed by atoms with Gasteiger partial charge in [-0.3, -0.25) is 9.69 Å². The van der Waals surface area contributed by atoms with Crippen molar-refractivity contribution < 1.29 is 9.90 Å². The molecule has 2 heterocycles. The Bertz CT molecular complexity index is 526. The summed E-state index contributed by atoms with van der Waals surface area (Å²) >= 11 is 0. The molecule has 3 N–H and O–H groups in total. The van der Waals surface area contributed by atoms with Crippen molar-refractivity contribution in [3.05, 3.63) is 23.8 Å². The second-order valence-electron chi connectivity index (χ2n) is 6.03. The van der Waals surface area contributed by atoms with E-state index < -0.39 is 0 Å². The molecule has 0 bridgehead atoms. The van der Waals surface area contributed by atoms with Gasteiger partial charge in [-0.2, -0.15) is 0 Å². The molecule has 21 heavy (non-hydrogen) atoms. The van der Waals surface area contributed by atoms with Crippen LogP contribution in [0.5, 0.6) is 5.75 Å². The fourth-order valence-corrected chi connectivity index (χ4v) is 3.41. The van der Waals surface area contributed by atoms with E-state index in [4.69, 9.17) is 5.73 Å². The molecule has 5 nitrogen and oxygen atoms in total. The van der Waals surface area contributed by atoms with Crippen LogP contribution in [-0.2, 0) is 0 Å². The van der Waals surface area contributed by atoms with Crippen LogP contribution in [0.15, 0.2) is 18.2 Å². The Hall–Kier alpha value is -1.75. The number of likely N-dealkylation sites (tertiary alicyclic amines) is 2. The van der Waals surface area contributed by atoms with E-state index in [9.17, 15) is 9.90 Å². The molecule has 3 rings (SSSR count). The van der Waals surface area contributed by atoms with Gasteiger partial charge in [-0.1, -0.05) is 12.5 Å². The van der Waals surface area contributed by atoms with Crippen LogP contribution in [-0.4, -0.2) is 53.0 Å². The lowest BCUT2D eigenvalue weighted by Crippen LogP contribution is -2.41. The van der Waals surface area contributed by atoms with Gasteiger partial charge in [-0.25, -0.2) is 0 Å². The average Bonchev–Trinajstić information content (AvgIpc) is 3.00. The van der Waals surface area contributed by atoms with Crippen LogP contribution in [0.3, 0.4) is 0 Å². The predicted molar refractivity (Wildman–Crippen MR) is 82.3 cm³/mol. The third-order valence-electron chi connectivity index (χ3n) is 4.66. The van der Waals surface area contributed by atoms with Gasteiger partial charge < -0.3 is 15.7 Å². The van der Waals surface area contributed by atoms with Crippen LogP contribution in [0.1, 0.15) is 36.0 Å². The van der Waals surface area contributed by atoms with Crippen molar-refractivity contribution in [3.63, 3.8) is 0 Å². The fraction of sp³-hybridized carbons (Fsp3) is 0.562. The number of benzene rings is 1. The zero-order valence-corrected chi connectivity index (χ0v) is 12.3. The topological polar surface area (TPSA) is 69.8 Å². The molecule has 0 aromatic heterocycles. The number of rotatable bonds is 2. The van der Waals surface area contributed by atoms with E-state index in [1.807, 2.05) is 4.90 Å². The zero-order chi connectivity index (χ0) is 14.8. The maximum absolute atomic E-state index is 12.5. The van der Waals surface area contributed by atoms with Crippen LogP contribution in [0.2, 0.25) is 0 Å². The number of aromatic hydroxyl groups is 1. The largest absolute Gasteiger partial charge is 0.505 e. The second kappa shape index (κ2) is 5.93. The molecule has 0 aliphatic carbocycles. The Kier molecular flexibility index (Phi) is 4.01. The van der Waals surface area contributed by atoms with E-state index in [1.165, 1.54) is 19.3 Å². The maximum Gasteiger partial charge on any atom is 0.257 e. The Morgan fingerprint density at radius 1 is 1.19 bits per heavy atom. The molecular weight excluding hydrogens is 266 g/mol. The van der Waals surface area contributed by atoms with Crippen molar-refractivity contribution >= 4 is 11.6 Å². The Labute approximate surface area is 125 Å². The minimum atomic E-state index is -0.112. The van der Waals surface area contributed by atoms with Crippen molar-refractivity contribution in [1.82, 2.24) is 9.80 Å². The van der Waals surface area contributed by atoms with E-state index in [1.54, 1.807) is 18.2 Å². The number of phenolic OH excluding ortho intramolecular Hbond substituents is 1. The number of nitrogen functional groups attached to an aromatic ring is 1. The van der Waals surface area contributed by atoms with Crippen LogP contribution in [0, 0.1) is 0 Å². The summed E-state index contributed by atoms with van der Waals surface area (Å²) in [6, 6.07) is 5.42. The molecule has 1 amide bonds. The Morgan fingerprint density at radius 2 is 1.95 bits per heavy atom. The van der Waals surface area contributed by atoms with E-state index >= 15 is 0 Å². The average molecular weight is 289 g/mol. The molecular formula is C16H23N3O2. The first-order valence-corrected chi connectivity index (χ1v) is 7.77. The summed E-state index contributed by atoms with van der Waals surface area (Å²) in [6.45, 7) is 3.81. The fourth-order valence-electron chi connectivity index (χ4n) is 3.41. The van der Waals surface area contributed by atoms with Crippen molar-refractivity contribution in [1.29, 1.82) is 0 Å². The van der Waals surface area contributed by atoms with Gasteiger partial charge in [0.05, 0.1) is 11.3 Å². The third-order valence-corrected chi connectivity index (χ3v) is 4.66. The Morgan fingerprint density at radius 3 is 2.71 bits per heavy atom. The van der Waals surface area contributed by atoms with Crippen molar-refractivity contribution in [2.24, 2.45) is 0 Å². The van der Waals surface area contributed by atoms with Crippen molar-refractivity contribution in [3.8, 4) is 5.75 Å². The maximum atomic E-state index is 12.5. The Balaban J connectivity index is 1.68. The standard InChI is InChI=1S/C16H23N3O2/c17-14-6-4-5-13(15(14)20)16(21)19-10-7-12(11-19)18-8-2-1-3-9-18/h4-6,12,20H,1-3,7-11,17H2. The minimum Gasteiger partial charge on any atom is -0.505 e. The minimum absolute atomic E-state index is 0.0936. The van der Waals surface area contributed by atoms with Gasteiger partial charge in [0.2, 0.25) is 0 Å². The molecule has 1 unspecified atom stereocenters. The summed E-state index contributed by atoms with van der Waals surface area (Å²) in [5.74, 6) is -0.205. The number of carbonyl (C=O) groups excluding carboxylic acids is 1. The number of nitrogens with two attached hydrogens (primary N) is 1. The number of nitrogens with zero attached hydrogens (tertiary/aromatic N) is 2. The predicted octanol–water partition coefficient (Wildman–Crippen LogP) is 1.67. The van der Waals surface area contributed by atoms with E-state index in [0.717, 1.165) is 32.6 Å². The third kappa shape index (κ3) is 2.83. The van der Waals surface area contributed by atoms with Crippen LogP contribution in [0.25, 0.3) is 0 Å². The smallest absolute Gasteiger partial charge is 0.257 e. The number of amides is 1. The molecule has 114 valence electrons. The first-order chi connectivity index (χ1) is 10.2. The second-order valence-corrected chi connectivity index (χ2v) is 6.03. The number of phenols is 1. The van der Waals surface area contributed by atoms with Gasteiger partial charge in [0.15, 0.2) is 5.75 Å². The van der Waals surface area contributed by atoms with E-state index in [-0.39, 0.29) is 17.3 Å². The molecule has 2 saturated heterocycles. The molecule has 5 heteroatoms. The number of hydrogen-bond acceptors (Lipinski definition) is 4. The zero-order valence-electron chi connectivity index (χ0n) is 12.3. The highest BCUT2D eigenvalue weighted by Gasteiger charge is 2.32. The highest BCUT2D eigenvalue weighted by Crippen LogP contribution is 2.28. The van der Waals surface area contributed by atoms with Crippen molar-refractivity contribution in [2.45, 2.75) is 31.7 Å². The molecule has 1 aromatic carbocycles. The lowest BCUT2D eigenvalue weighted by molar-refractivity contribution is 0.0768. The van der Waals surface area contributed by atoms with Gasteiger partial charge in [-0.05, 0) is 44.5 Å². The molecule has 2 aliphatic rings. The molecule has 1 atom stereocenters. The van der Waals surface area contributed by atoms with Crippen LogP contribution in [0.4, 0.5) is 5.69 Å². The molecule has 0 radical (unpaired) electrons. The number of piperidine rings is 1. The summed E-state index contributed by atoms with van der Waals surface area (Å²) in [6.07, 6.45) is 4.87. The SMILES string of the molecule is Nc1cccc(C(=O)N2CCC(N3CCCCC3)C2)c1O. The number of para-hydroxylation sites is 1. The van der Waals surface area contributed by atoms with Gasteiger partial charge >= 0.3 is 0 Å². The highest BCUT2D eigenvalue weighted by atomic mass is 16.3. The van der Waals surface area contributed by atoms with Gasteiger partial charge in [-0.15, -0.1) is 0 Å². The summed E-state index contributed by atoms with van der Waals surface area (Å²) < 4.78 is 0. The quantitative estimate of drug-likeness (QED) is 0.642. The normalized spacial score (nSPS) is 23.4. The summed E-state index contributed by atoms with van der Waals surface area (Å²) in [5.41, 5.74) is 6.24. The number of anilines is 1. The molecule has 1 aromatic rings. The van der Waals surface area contributed by atoms with E-state index in [0.29, 0.717) is 11.6 Å². The molecule has 2 aliphatic heterocycles. The van der Waals surface area contributed by atoms with Gasteiger partial charge in [0.25, 0.3) is 5.91 Å². The summed E-state index contributed by atoms with van der Waals surface area (Å²) in [5, 5.41) is 9.96. The molecule has 0 spiro atoms. The summed E-state index contributed by atoms with van der Waals surface area (Å²) in [4.78, 5) is 16.9. The highest BCUT2D eigenvalue weighted by molar-refractivity contribution is 5.98. The van der Waals surface area contributed by atoms with Gasteiger partial charge in [0.1, 0.15) is 0 Å². The summed E-state index contributed by atoms with van der Waals surface area (Å²) in [7, 11) is 0. The molecule has 0 saturated carbocycles. The molecule has 2 fully saturated rings. The lowest BCUT2D eigenvalue weighted by Gasteiger charge is -2.32. The van der Waals surface area contributed by atoms with Gasteiger partial charge in [0, 0.05) is 19.1 Å². The van der Waals surface area contributed by atoms with Crippen LogP contribution < -0.4 is 5.73 Å². The number of carbonyl (C=O) groups is 1.